The van der Waals surface area contributed by atoms with E-state index in [2.05, 4.69) is 26.2 Å². The van der Waals surface area contributed by atoms with Crippen molar-refractivity contribution in [2.45, 2.75) is 25.2 Å². The number of halogens is 1. The zero-order valence-electron chi connectivity index (χ0n) is 14.2. The molecule has 0 saturated heterocycles. The second-order valence-electron chi connectivity index (χ2n) is 5.66. The fraction of sp³-hybridized carbons (Fsp3) is 0.211. The Labute approximate surface area is 164 Å². The van der Waals surface area contributed by atoms with Crippen LogP contribution in [0.1, 0.15) is 12.5 Å². The van der Waals surface area contributed by atoms with E-state index in [4.69, 9.17) is 0 Å². The topological polar surface area (TPSA) is 64.0 Å². The Morgan fingerprint density at radius 1 is 1.23 bits per heavy atom. The van der Waals surface area contributed by atoms with Crippen molar-refractivity contribution < 1.29 is 4.79 Å². The van der Waals surface area contributed by atoms with Crippen LogP contribution < -0.4 is 10.9 Å². The molecule has 0 bridgehead atoms. The fourth-order valence-electron chi connectivity index (χ4n) is 2.54. The second kappa shape index (κ2) is 8.51. The molecule has 0 spiro atoms. The minimum absolute atomic E-state index is 0.0911. The Morgan fingerprint density at radius 2 is 2.00 bits per heavy atom. The van der Waals surface area contributed by atoms with E-state index >= 15 is 0 Å². The van der Waals surface area contributed by atoms with E-state index in [1.54, 1.807) is 16.7 Å². The molecule has 1 heterocycles. The monoisotopic (exact) mass is 431 g/mol. The maximum Gasteiger partial charge on any atom is 0.262 e. The van der Waals surface area contributed by atoms with Gasteiger partial charge in [0.2, 0.25) is 5.91 Å². The van der Waals surface area contributed by atoms with Gasteiger partial charge < -0.3 is 5.32 Å². The van der Waals surface area contributed by atoms with E-state index in [1.165, 1.54) is 11.8 Å². The number of benzene rings is 2. The number of rotatable bonds is 6. The van der Waals surface area contributed by atoms with Gasteiger partial charge in [-0.3, -0.25) is 14.2 Å². The summed E-state index contributed by atoms with van der Waals surface area (Å²) in [4.78, 5) is 29.4. The molecule has 0 aliphatic heterocycles. The molecular weight excluding hydrogens is 414 g/mol. The van der Waals surface area contributed by atoms with Gasteiger partial charge in [0.1, 0.15) is 0 Å². The Morgan fingerprint density at radius 3 is 2.73 bits per heavy atom. The number of hydrogen-bond acceptors (Lipinski definition) is 4. The molecule has 1 N–H and O–H groups in total. The van der Waals surface area contributed by atoms with E-state index in [-0.39, 0.29) is 17.2 Å². The summed E-state index contributed by atoms with van der Waals surface area (Å²) in [5.41, 5.74) is 1.59. The molecule has 5 nitrogen and oxygen atoms in total. The molecule has 2 aromatic carbocycles. The van der Waals surface area contributed by atoms with Crippen molar-refractivity contribution in [1.82, 2.24) is 14.9 Å². The first-order valence-electron chi connectivity index (χ1n) is 8.22. The lowest BCUT2D eigenvalue weighted by Crippen LogP contribution is -2.26. The molecular formula is C19H18BrN3O2S. The van der Waals surface area contributed by atoms with Gasteiger partial charge in [0.25, 0.3) is 5.56 Å². The van der Waals surface area contributed by atoms with Crippen LogP contribution in [-0.4, -0.2) is 21.2 Å². The van der Waals surface area contributed by atoms with Crippen molar-refractivity contribution in [1.29, 1.82) is 0 Å². The van der Waals surface area contributed by atoms with E-state index in [0.717, 1.165) is 10.0 Å². The molecule has 134 valence electrons. The van der Waals surface area contributed by atoms with Crippen LogP contribution in [0, 0.1) is 0 Å². The van der Waals surface area contributed by atoms with E-state index in [9.17, 15) is 9.59 Å². The number of hydrogen-bond donors (Lipinski definition) is 1. The van der Waals surface area contributed by atoms with Gasteiger partial charge in [0.15, 0.2) is 5.16 Å². The van der Waals surface area contributed by atoms with Crippen LogP contribution in [0.2, 0.25) is 0 Å². The molecule has 3 aromatic rings. The lowest BCUT2D eigenvalue weighted by atomic mass is 10.2. The molecule has 3 rings (SSSR count). The van der Waals surface area contributed by atoms with Crippen molar-refractivity contribution in [2.24, 2.45) is 0 Å². The third-order valence-electron chi connectivity index (χ3n) is 3.86. The average molecular weight is 432 g/mol. The summed E-state index contributed by atoms with van der Waals surface area (Å²) in [5, 5.41) is 4.01. The van der Waals surface area contributed by atoms with Gasteiger partial charge in [0.05, 0.1) is 16.7 Å². The lowest BCUT2D eigenvalue weighted by molar-refractivity contribution is -0.118. The van der Waals surface area contributed by atoms with Gasteiger partial charge in [-0.05, 0) is 30.7 Å². The highest BCUT2D eigenvalue weighted by molar-refractivity contribution is 9.10. The molecule has 26 heavy (non-hydrogen) atoms. The maximum atomic E-state index is 12.7. The molecule has 1 amide bonds. The third kappa shape index (κ3) is 4.34. The highest BCUT2D eigenvalue weighted by Gasteiger charge is 2.12. The Bertz CT molecular complexity index is 989. The summed E-state index contributed by atoms with van der Waals surface area (Å²) in [6, 6.07) is 15.2. The molecule has 7 heteroatoms. The van der Waals surface area contributed by atoms with E-state index in [1.807, 2.05) is 43.3 Å². The summed E-state index contributed by atoms with van der Waals surface area (Å²) in [6.07, 6.45) is 0. The first kappa shape index (κ1) is 18.7. The summed E-state index contributed by atoms with van der Waals surface area (Å²) < 4.78 is 2.44. The third-order valence-corrected chi connectivity index (χ3v) is 5.33. The van der Waals surface area contributed by atoms with E-state index in [0.29, 0.717) is 29.1 Å². The quantitative estimate of drug-likeness (QED) is 0.478. The van der Waals surface area contributed by atoms with Crippen LogP contribution in [0.25, 0.3) is 10.9 Å². The Hall–Kier alpha value is -2.12. The van der Waals surface area contributed by atoms with Gasteiger partial charge in [-0.15, -0.1) is 0 Å². The molecule has 0 unspecified atom stereocenters. The zero-order chi connectivity index (χ0) is 18.5. The Balaban J connectivity index is 1.73. The van der Waals surface area contributed by atoms with Crippen LogP contribution in [-0.2, 0) is 17.9 Å². The first-order chi connectivity index (χ1) is 12.6. The maximum absolute atomic E-state index is 12.7. The van der Waals surface area contributed by atoms with Crippen molar-refractivity contribution >= 4 is 44.5 Å². The summed E-state index contributed by atoms with van der Waals surface area (Å²) in [7, 11) is 0. The van der Waals surface area contributed by atoms with Gasteiger partial charge in [-0.2, -0.15) is 0 Å². The van der Waals surface area contributed by atoms with Gasteiger partial charge in [-0.25, -0.2) is 4.98 Å². The largest absolute Gasteiger partial charge is 0.351 e. The number of amides is 1. The molecule has 0 aliphatic carbocycles. The van der Waals surface area contributed by atoms with E-state index < -0.39 is 0 Å². The predicted octanol–water partition coefficient (Wildman–Crippen LogP) is 3.59. The van der Waals surface area contributed by atoms with Crippen molar-refractivity contribution in [3.05, 3.63) is 68.9 Å². The smallest absolute Gasteiger partial charge is 0.262 e. The zero-order valence-corrected chi connectivity index (χ0v) is 16.6. The number of carbonyl (C=O) groups is 1. The SMILES string of the molecule is CCn1c(SCC(=O)NCc2ccccc2)nc2ccc(Br)cc2c1=O. The number of thioether (sulfide) groups is 1. The molecule has 0 atom stereocenters. The number of nitrogens with zero attached hydrogens (tertiary/aromatic N) is 2. The van der Waals surface area contributed by atoms with Gasteiger partial charge in [0, 0.05) is 17.6 Å². The van der Waals surface area contributed by atoms with Gasteiger partial charge >= 0.3 is 0 Å². The standard InChI is InChI=1S/C19H18BrN3O2S/c1-2-23-18(25)15-10-14(20)8-9-16(15)22-19(23)26-12-17(24)21-11-13-6-4-3-5-7-13/h3-10H,2,11-12H2,1H3,(H,21,24). The normalized spacial score (nSPS) is 10.8. The number of aromatic nitrogens is 2. The second-order valence-corrected chi connectivity index (χ2v) is 7.51. The molecule has 0 radical (unpaired) electrons. The molecule has 0 aliphatic rings. The van der Waals surface area contributed by atoms with Crippen LogP contribution >= 0.6 is 27.7 Å². The van der Waals surface area contributed by atoms with Crippen molar-refractivity contribution in [2.75, 3.05) is 5.75 Å². The van der Waals surface area contributed by atoms with Crippen molar-refractivity contribution in [3.8, 4) is 0 Å². The highest BCUT2D eigenvalue weighted by Crippen LogP contribution is 2.20. The molecule has 0 fully saturated rings. The van der Waals surface area contributed by atoms with Crippen LogP contribution in [0.5, 0.6) is 0 Å². The number of carbonyl (C=O) groups excluding carboxylic acids is 1. The summed E-state index contributed by atoms with van der Waals surface area (Å²) in [6.45, 7) is 2.88. The minimum atomic E-state index is -0.0917. The lowest BCUT2D eigenvalue weighted by Gasteiger charge is -2.11. The van der Waals surface area contributed by atoms with Crippen molar-refractivity contribution in [3.63, 3.8) is 0 Å². The van der Waals surface area contributed by atoms with Gasteiger partial charge in [-0.1, -0.05) is 58.0 Å². The van der Waals surface area contributed by atoms with Crippen LogP contribution in [0.4, 0.5) is 0 Å². The first-order valence-corrected chi connectivity index (χ1v) is 10.00. The molecule has 0 saturated carbocycles. The number of fused-ring (bicyclic) bond motifs is 1. The summed E-state index contributed by atoms with van der Waals surface area (Å²) in [5.74, 6) is 0.119. The van der Waals surface area contributed by atoms with Crippen LogP contribution in [0.3, 0.4) is 0 Å². The highest BCUT2D eigenvalue weighted by atomic mass is 79.9. The minimum Gasteiger partial charge on any atom is -0.351 e. The van der Waals surface area contributed by atoms with Crippen LogP contribution in [0.15, 0.2) is 63.0 Å². The summed E-state index contributed by atoms with van der Waals surface area (Å²) >= 11 is 4.66. The Kier molecular flexibility index (Phi) is 6.11. The fourth-order valence-corrected chi connectivity index (χ4v) is 3.79. The number of nitrogens with one attached hydrogen (secondary N) is 1. The molecule has 1 aromatic heterocycles. The predicted molar refractivity (Wildman–Crippen MR) is 108 cm³/mol. The average Bonchev–Trinajstić information content (AvgIpc) is 2.66.